The van der Waals surface area contributed by atoms with Gasteiger partial charge in [-0.3, -0.25) is 19.1 Å². The molecule has 0 aliphatic rings. The van der Waals surface area contributed by atoms with Crippen LogP contribution < -0.4 is 16.4 Å². The number of carbonyl (C=O) groups excluding carboxylic acids is 2. The number of anilines is 2. The minimum absolute atomic E-state index is 0.251. The molecule has 0 unspecified atom stereocenters. The molecule has 3 N–H and O–H groups in total. The van der Waals surface area contributed by atoms with Crippen molar-refractivity contribution in [1.29, 1.82) is 0 Å². The molecule has 0 saturated carbocycles. The maximum absolute atomic E-state index is 12.7. The fraction of sp³-hybridized carbons (Fsp3) is 0. The quantitative estimate of drug-likeness (QED) is 0.429. The SMILES string of the molecule is O=C(Nc1cccc(-c2noc(=O)[nH]2)c1)c1ccc(Cl)c(NC(=O)c2cccs2)c1. The first-order valence-corrected chi connectivity index (χ1v) is 9.87. The number of nitrogens with zero attached hydrogens (tertiary/aromatic N) is 1. The first kappa shape index (κ1) is 19.6. The van der Waals surface area contributed by atoms with Crippen LogP contribution in [0.5, 0.6) is 0 Å². The van der Waals surface area contributed by atoms with E-state index < -0.39 is 11.7 Å². The average Bonchev–Trinajstić information content (AvgIpc) is 3.42. The Kier molecular flexibility index (Phi) is 5.46. The average molecular weight is 441 g/mol. The smallest absolute Gasteiger partial charge is 0.322 e. The third kappa shape index (κ3) is 4.32. The normalized spacial score (nSPS) is 10.6. The number of aromatic amines is 1. The highest BCUT2D eigenvalue weighted by atomic mass is 35.5. The molecule has 0 fully saturated rings. The molecule has 0 spiro atoms. The Hall–Kier alpha value is -3.69. The molecule has 8 nitrogen and oxygen atoms in total. The summed E-state index contributed by atoms with van der Waals surface area (Å²) in [6, 6.07) is 14.8. The summed E-state index contributed by atoms with van der Waals surface area (Å²) in [5, 5.41) is 11.2. The van der Waals surface area contributed by atoms with Gasteiger partial charge in [-0.05, 0) is 41.8 Å². The Labute approximate surface area is 178 Å². The van der Waals surface area contributed by atoms with E-state index in [-0.39, 0.29) is 11.7 Å². The highest BCUT2D eigenvalue weighted by Crippen LogP contribution is 2.25. The van der Waals surface area contributed by atoms with Crippen molar-refractivity contribution in [3.05, 3.63) is 86.0 Å². The number of rotatable bonds is 5. The first-order valence-electron chi connectivity index (χ1n) is 8.62. The second-order valence-electron chi connectivity index (χ2n) is 6.10. The van der Waals surface area contributed by atoms with E-state index in [9.17, 15) is 14.4 Å². The predicted molar refractivity (Wildman–Crippen MR) is 114 cm³/mol. The van der Waals surface area contributed by atoms with Crippen molar-refractivity contribution in [2.75, 3.05) is 10.6 Å². The van der Waals surface area contributed by atoms with Crippen LogP contribution in [0.2, 0.25) is 5.02 Å². The van der Waals surface area contributed by atoms with Crippen LogP contribution in [0.15, 0.2) is 69.3 Å². The fourth-order valence-electron chi connectivity index (χ4n) is 2.66. The van der Waals surface area contributed by atoms with Crippen LogP contribution in [0.4, 0.5) is 11.4 Å². The minimum Gasteiger partial charge on any atom is -0.322 e. The van der Waals surface area contributed by atoms with Crippen molar-refractivity contribution >= 4 is 46.1 Å². The number of halogens is 1. The number of carbonyl (C=O) groups is 2. The number of hydrogen-bond donors (Lipinski definition) is 3. The van der Waals surface area contributed by atoms with Gasteiger partial charge in [-0.25, -0.2) is 4.79 Å². The van der Waals surface area contributed by atoms with Gasteiger partial charge < -0.3 is 10.6 Å². The number of H-pyrrole nitrogens is 1. The van der Waals surface area contributed by atoms with E-state index >= 15 is 0 Å². The second-order valence-corrected chi connectivity index (χ2v) is 7.46. The molecule has 150 valence electrons. The molecular formula is C20H13ClN4O4S. The molecular weight excluding hydrogens is 428 g/mol. The van der Waals surface area contributed by atoms with Gasteiger partial charge in [0, 0.05) is 16.8 Å². The molecule has 2 aromatic carbocycles. The van der Waals surface area contributed by atoms with E-state index in [1.165, 1.54) is 23.5 Å². The number of benzene rings is 2. The van der Waals surface area contributed by atoms with Crippen LogP contribution in [-0.4, -0.2) is 22.0 Å². The highest BCUT2D eigenvalue weighted by Gasteiger charge is 2.14. The highest BCUT2D eigenvalue weighted by molar-refractivity contribution is 7.12. The lowest BCUT2D eigenvalue weighted by Crippen LogP contribution is -2.14. The Morgan fingerprint density at radius 2 is 1.90 bits per heavy atom. The van der Waals surface area contributed by atoms with Crippen LogP contribution in [-0.2, 0) is 0 Å². The number of aromatic nitrogens is 2. The van der Waals surface area contributed by atoms with E-state index in [0.717, 1.165) is 0 Å². The van der Waals surface area contributed by atoms with Crippen LogP contribution in [0.3, 0.4) is 0 Å². The zero-order chi connectivity index (χ0) is 21.1. The van der Waals surface area contributed by atoms with Crippen LogP contribution in [0.1, 0.15) is 20.0 Å². The topological polar surface area (TPSA) is 117 Å². The molecule has 2 aromatic heterocycles. The Balaban J connectivity index is 1.52. The summed E-state index contributed by atoms with van der Waals surface area (Å²) in [6.45, 7) is 0. The molecule has 30 heavy (non-hydrogen) atoms. The lowest BCUT2D eigenvalue weighted by molar-refractivity contribution is 0.101. The van der Waals surface area contributed by atoms with Gasteiger partial charge in [-0.15, -0.1) is 11.3 Å². The van der Waals surface area contributed by atoms with E-state index in [0.29, 0.717) is 32.4 Å². The van der Waals surface area contributed by atoms with Gasteiger partial charge in [-0.1, -0.05) is 35.0 Å². The summed E-state index contributed by atoms with van der Waals surface area (Å²) in [5.74, 6) is -1.12. The standard InChI is InChI=1S/C20H13ClN4O4S/c21-14-7-6-12(10-15(14)23-19(27)16-5-2-8-30-16)18(26)22-13-4-1-3-11(9-13)17-24-20(28)29-25-17/h1-10H,(H,22,26)(H,23,27)(H,24,25,28). The van der Waals surface area contributed by atoms with Crippen molar-refractivity contribution in [2.24, 2.45) is 0 Å². The van der Waals surface area contributed by atoms with Crippen LogP contribution in [0, 0.1) is 0 Å². The summed E-state index contributed by atoms with van der Waals surface area (Å²) < 4.78 is 4.50. The first-order chi connectivity index (χ1) is 14.5. The number of amides is 2. The lowest BCUT2D eigenvalue weighted by Gasteiger charge is -2.10. The van der Waals surface area contributed by atoms with Gasteiger partial charge in [0.15, 0.2) is 5.82 Å². The molecule has 0 atom stereocenters. The van der Waals surface area contributed by atoms with Gasteiger partial charge >= 0.3 is 5.76 Å². The molecule has 4 aromatic rings. The Morgan fingerprint density at radius 1 is 1.03 bits per heavy atom. The zero-order valence-electron chi connectivity index (χ0n) is 15.1. The second kappa shape index (κ2) is 8.36. The van der Waals surface area contributed by atoms with Crippen molar-refractivity contribution in [3.8, 4) is 11.4 Å². The van der Waals surface area contributed by atoms with E-state index in [2.05, 4.69) is 25.3 Å². The summed E-state index contributed by atoms with van der Waals surface area (Å²) in [5.41, 5.74) is 1.69. The molecule has 0 bridgehead atoms. The molecule has 4 rings (SSSR count). The third-order valence-corrected chi connectivity index (χ3v) is 5.25. The summed E-state index contributed by atoms with van der Waals surface area (Å²) in [7, 11) is 0. The van der Waals surface area contributed by atoms with Gasteiger partial charge in [0.25, 0.3) is 11.8 Å². The zero-order valence-corrected chi connectivity index (χ0v) is 16.7. The maximum Gasteiger partial charge on any atom is 0.439 e. The van der Waals surface area contributed by atoms with Crippen LogP contribution in [0.25, 0.3) is 11.4 Å². The molecule has 2 amide bonds. The van der Waals surface area contributed by atoms with Crippen molar-refractivity contribution < 1.29 is 14.1 Å². The lowest BCUT2D eigenvalue weighted by atomic mass is 10.1. The molecule has 0 aliphatic heterocycles. The van der Waals surface area contributed by atoms with Crippen molar-refractivity contribution in [3.63, 3.8) is 0 Å². The minimum atomic E-state index is -0.669. The number of thiophene rings is 1. The van der Waals surface area contributed by atoms with Crippen molar-refractivity contribution in [2.45, 2.75) is 0 Å². The summed E-state index contributed by atoms with van der Waals surface area (Å²) in [6.07, 6.45) is 0. The molecule has 10 heteroatoms. The molecule has 0 aliphatic carbocycles. The van der Waals surface area contributed by atoms with Crippen molar-refractivity contribution in [1.82, 2.24) is 10.1 Å². The number of nitrogens with one attached hydrogen (secondary N) is 3. The predicted octanol–water partition coefficient (Wildman–Crippen LogP) is 4.25. The van der Waals surface area contributed by atoms with E-state index in [1.807, 2.05) is 0 Å². The van der Waals surface area contributed by atoms with Gasteiger partial charge in [-0.2, -0.15) is 0 Å². The van der Waals surface area contributed by atoms with E-state index in [1.54, 1.807) is 47.8 Å². The van der Waals surface area contributed by atoms with Crippen LogP contribution >= 0.6 is 22.9 Å². The third-order valence-electron chi connectivity index (χ3n) is 4.06. The molecule has 2 heterocycles. The van der Waals surface area contributed by atoms with E-state index in [4.69, 9.17) is 11.6 Å². The Bertz CT molecular complexity index is 1280. The number of hydrogen-bond acceptors (Lipinski definition) is 6. The monoisotopic (exact) mass is 440 g/mol. The molecule has 0 radical (unpaired) electrons. The fourth-order valence-corrected chi connectivity index (χ4v) is 3.44. The summed E-state index contributed by atoms with van der Waals surface area (Å²) in [4.78, 5) is 39.1. The maximum atomic E-state index is 12.7. The van der Waals surface area contributed by atoms with Gasteiger partial charge in [0.05, 0.1) is 15.6 Å². The Morgan fingerprint density at radius 3 is 2.63 bits per heavy atom. The molecule has 0 saturated heterocycles. The van der Waals surface area contributed by atoms with Gasteiger partial charge in [0.1, 0.15) is 0 Å². The summed E-state index contributed by atoms with van der Waals surface area (Å²) >= 11 is 7.47. The van der Waals surface area contributed by atoms with Gasteiger partial charge in [0.2, 0.25) is 0 Å². The largest absolute Gasteiger partial charge is 0.439 e.